The molecule has 5 rings (SSSR count). The molecule has 10 heteroatoms. The van der Waals surface area contributed by atoms with Crippen molar-refractivity contribution in [3.8, 4) is 39.5 Å². The number of hydrogen-bond acceptors (Lipinski definition) is 6. The zero-order valence-corrected chi connectivity index (χ0v) is 20.3. The average Bonchev–Trinajstić information content (AvgIpc) is 3.30. The minimum Gasteiger partial charge on any atom is -0.368 e. The number of nitrogens with two attached hydrogens (primary N) is 1. The molecule has 2 N–H and O–H groups in total. The van der Waals surface area contributed by atoms with E-state index in [9.17, 15) is 10.1 Å². The molecule has 0 aliphatic carbocycles. The molecule has 2 aromatic heterocycles. The van der Waals surface area contributed by atoms with Crippen LogP contribution in [0.5, 0.6) is 0 Å². The van der Waals surface area contributed by atoms with Crippen molar-refractivity contribution in [1.29, 1.82) is 0 Å². The van der Waals surface area contributed by atoms with E-state index >= 15 is 0 Å². The highest BCUT2D eigenvalue weighted by Gasteiger charge is 2.18. The van der Waals surface area contributed by atoms with Crippen LogP contribution in [0, 0.1) is 10.1 Å². The molecule has 0 radical (unpaired) electrons. The lowest BCUT2D eigenvalue weighted by molar-refractivity contribution is -0.384. The van der Waals surface area contributed by atoms with Crippen LogP contribution in [0.4, 0.5) is 11.6 Å². The standard InChI is InChI=1S/C25H16BrClN6O2/c26-17-5-1-15(2-6-17)22-13-23(30-25(28)29-22)21-14-32(19-11-7-18(27)8-12-19)31-24(21)16-3-9-20(10-4-16)33(34)35/h1-14H,(H2,28,29,30). The molecule has 0 fully saturated rings. The Balaban J connectivity index is 1.68. The monoisotopic (exact) mass is 546 g/mol. The third kappa shape index (κ3) is 4.77. The SMILES string of the molecule is Nc1nc(-c2ccc(Br)cc2)cc(-c2cn(-c3ccc(Cl)cc3)nc2-c2ccc([N+](=O)[O-])cc2)n1. The number of rotatable bonds is 5. The molecule has 8 nitrogen and oxygen atoms in total. The lowest BCUT2D eigenvalue weighted by atomic mass is 10.0. The van der Waals surface area contributed by atoms with Crippen molar-refractivity contribution >= 4 is 39.2 Å². The van der Waals surface area contributed by atoms with Crippen LogP contribution in [-0.2, 0) is 0 Å². The molecular formula is C25H16BrClN6O2. The fourth-order valence-corrected chi connectivity index (χ4v) is 4.00. The number of benzene rings is 3. The van der Waals surface area contributed by atoms with Crippen molar-refractivity contribution in [2.45, 2.75) is 0 Å². The number of hydrogen-bond donors (Lipinski definition) is 1. The second-order valence-electron chi connectivity index (χ2n) is 7.62. The summed E-state index contributed by atoms with van der Waals surface area (Å²) in [5, 5.41) is 16.5. The van der Waals surface area contributed by atoms with Crippen LogP contribution in [0.15, 0.2) is 89.5 Å². The second-order valence-corrected chi connectivity index (χ2v) is 8.97. The van der Waals surface area contributed by atoms with Gasteiger partial charge in [-0.3, -0.25) is 10.1 Å². The summed E-state index contributed by atoms with van der Waals surface area (Å²) in [5.41, 5.74) is 11.0. The summed E-state index contributed by atoms with van der Waals surface area (Å²) in [6, 6.07) is 23.0. The van der Waals surface area contributed by atoms with E-state index in [1.807, 2.05) is 48.7 Å². The Kier molecular flexibility index (Phi) is 6.02. The topological polar surface area (TPSA) is 113 Å². The van der Waals surface area contributed by atoms with Crippen molar-refractivity contribution in [2.75, 3.05) is 5.73 Å². The quantitative estimate of drug-likeness (QED) is 0.197. The summed E-state index contributed by atoms with van der Waals surface area (Å²) < 4.78 is 2.66. The number of halogens is 2. The van der Waals surface area contributed by atoms with Crippen LogP contribution >= 0.6 is 27.5 Å². The molecule has 3 aromatic carbocycles. The number of nitro groups is 1. The molecule has 0 unspecified atom stereocenters. The maximum absolute atomic E-state index is 11.1. The molecule has 0 aliphatic rings. The van der Waals surface area contributed by atoms with Crippen LogP contribution in [0.25, 0.3) is 39.5 Å². The van der Waals surface area contributed by atoms with Crippen LogP contribution in [0.3, 0.4) is 0 Å². The number of nitrogen functional groups attached to an aromatic ring is 1. The molecule has 0 saturated carbocycles. The molecule has 0 saturated heterocycles. The van der Waals surface area contributed by atoms with Crippen molar-refractivity contribution in [3.05, 3.63) is 105 Å². The summed E-state index contributed by atoms with van der Waals surface area (Å²) in [4.78, 5) is 19.6. The Bertz CT molecular complexity index is 1530. The summed E-state index contributed by atoms with van der Waals surface area (Å²) in [6.07, 6.45) is 1.84. The first-order chi connectivity index (χ1) is 16.9. The molecule has 0 atom stereocenters. The molecule has 0 aliphatic heterocycles. The largest absolute Gasteiger partial charge is 0.368 e. The number of non-ortho nitro benzene ring substituents is 1. The van der Waals surface area contributed by atoms with Gasteiger partial charge in [-0.05, 0) is 54.6 Å². The smallest absolute Gasteiger partial charge is 0.269 e. The average molecular weight is 548 g/mol. The minimum absolute atomic E-state index is 0.00348. The van der Waals surface area contributed by atoms with Gasteiger partial charge in [-0.2, -0.15) is 5.10 Å². The molecule has 0 bridgehead atoms. The van der Waals surface area contributed by atoms with Crippen molar-refractivity contribution in [3.63, 3.8) is 0 Å². The zero-order valence-electron chi connectivity index (χ0n) is 18.0. The maximum Gasteiger partial charge on any atom is 0.269 e. The second kappa shape index (κ2) is 9.28. The van der Waals surface area contributed by atoms with Crippen molar-refractivity contribution in [1.82, 2.24) is 19.7 Å². The summed E-state index contributed by atoms with van der Waals surface area (Å²) >= 11 is 9.50. The number of anilines is 1. The summed E-state index contributed by atoms with van der Waals surface area (Å²) in [5.74, 6) is 0.120. The normalized spacial score (nSPS) is 10.9. The molecule has 5 aromatic rings. The Morgan fingerprint density at radius 1 is 0.886 bits per heavy atom. The third-order valence-electron chi connectivity index (χ3n) is 5.32. The van der Waals surface area contributed by atoms with Crippen LogP contribution in [0.2, 0.25) is 5.02 Å². The lowest BCUT2D eigenvalue weighted by Gasteiger charge is -2.07. The fourth-order valence-electron chi connectivity index (χ4n) is 3.61. The molecule has 2 heterocycles. The minimum atomic E-state index is -0.438. The van der Waals surface area contributed by atoms with Crippen LogP contribution in [-0.4, -0.2) is 24.7 Å². The predicted octanol–water partition coefficient (Wildman–Crippen LogP) is 6.57. The molecule has 0 amide bonds. The van der Waals surface area contributed by atoms with Gasteiger partial charge in [0.05, 0.1) is 22.0 Å². The Morgan fingerprint density at radius 2 is 1.51 bits per heavy atom. The lowest BCUT2D eigenvalue weighted by Crippen LogP contribution is -1.99. The van der Waals surface area contributed by atoms with E-state index in [0.717, 1.165) is 15.7 Å². The Morgan fingerprint density at radius 3 is 2.17 bits per heavy atom. The van der Waals surface area contributed by atoms with Crippen molar-refractivity contribution < 1.29 is 4.92 Å². The first-order valence-electron chi connectivity index (χ1n) is 10.4. The predicted molar refractivity (Wildman–Crippen MR) is 139 cm³/mol. The Hall–Kier alpha value is -4.08. The number of aromatic nitrogens is 4. The highest BCUT2D eigenvalue weighted by molar-refractivity contribution is 9.10. The van der Waals surface area contributed by atoms with Gasteiger partial charge in [-0.15, -0.1) is 0 Å². The van der Waals surface area contributed by atoms with Gasteiger partial charge in [0, 0.05) is 44.5 Å². The third-order valence-corrected chi connectivity index (χ3v) is 6.10. The van der Waals surface area contributed by atoms with E-state index < -0.39 is 4.92 Å². The molecule has 172 valence electrons. The van der Waals surface area contributed by atoms with Gasteiger partial charge in [0.1, 0.15) is 5.69 Å². The van der Waals surface area contributed by atoms with Gasteiger partial charge in [-0.1, -0.05) is 39.7 Å². The maximum atomic E-state index is 11.1. The van der Waals surface area contributed by atoms with E-state index in [1.54, 1.807) is 28.9 Å². The van der Waals surface area contributed by atoms with E-state index in [2.05, 4.69) is 25.9 Å². The van der Waals surface area contributed by atoms with Gasteiger partial charge in [0.2, 0.25) is 5.95 Å². The van der Waals surface area contributed by atoms with Crippen molar-refractivity contribution in [2.24, 2.45) is 0 Å². The van der Waals surface area contributed by atoms with Crippen LogP contribution in [0.1, 0.15) is 0 Å². The highest BCUT2D eigenvalue weighted by Crippen LogP contribution is 2.34. The van der Waals surface area contributed by atoms with E-state index in [4.69, 9.17) is 22.4 Å². The molecular weight excluding hydrogens is 532 g/mol. The first-order valence-corrected chi connectivity index (χ1v) is 11.6. The number of nitro benzene ring substituents is 1. The van der Waals surface area contributed by atoms with Gasteiger partial charge >= 0.3 is 0 Å². The van der Waals surface area contributed by atoms with Crippen LogP contribution < -0.4 is 5.73 Å². The fraction of sp³-hybridized carbons (Fsp3) is 0. The van der Waals surface area contributed by atoms with E-state index in [-0.39, 0.29) is 11.6 Å². The van der Waals surface area contributed by atoms with E-state index in [1.165, 1.54) is 12.1 Å². The van der Waals surface area contributed by atoms with E-state index in [0.29, 0.717) is 33.2 Å². The first kappa shape index (κ1) is 22.7. The van der Waals surface area contributed by atoms with Gasteiger partial charge in [-0.25, -0.2) is 14.6 Å². The van der Waals surface area contributed by atoms with Gasteiger partial charge in [0.25, 0.3) is 5.69 Å². The summed E-state index contributed by atoms with van der Waals surface area (Å²) in [7, 11) is 0. The zero-order chi connectivity index (χ0) is 24.5. The Labute approximate surface area is 213 Å². The number of nitrogens with zero attached hydrogens (tertiary/aromatic N) is 5. The molecule has 35 heavy (non-hydrogen) atoms. The highest BCUT2D eigenvalue weighted by atomic mass is 79.9. The summed E-state index contributed by atoms with van der Waals surface area (Å²) in [6.45, 7) is 0. The molecule has 0 spiro atoms. The van der Waals surface area contributed by atoms with Gasteiger partial charge in [0.15, 0.2) is 0 Å². The van der Waals surface area contributed by atoms with Gasteiger partial charge < -0.3 is 5.73 Å².